The minimum Gasteiger partial charge on any atom is -0.326 e. The standard InChI is InChI=1S/C13H20N2O2S/c1-2-10-6-7-13(8-11(10)9-14)18(16,17)15-12-4-3-5-12/h6-8,12,15H,2-5,9,14H2,1H3. The number of rotatable bonds is 5. The van der Waals surface area contributed by atoms with Crippen molar-refractivity contribution in [2.45, 2.75) is 50.1 Å². The molecular formula is C13H20N2O2S. The summed E-state index contributed by atoms with van der Waals surface area (Å²) in [6, 6.07) is 5.33. The van der Waals surface area contributed by atoms with Crippen molar-refractivity contribution >= 4 is 10.0 Å². The first-order valence-corrected chi connectivity index (χ1v) is 7.89. The molecule has 1 aromatic carbocycles. The van der Waals surface area contributed by atoms with E-state index in [2.05, 4.69) is 4.72 Å². The Hall–Kier alpha value is -0.910. The predicted molar refractivity (Wildman–Crippen MR) is 71.7 cm³/mol. The van der Waals surface area contributed by atoms with Crippen LogP contribution in [0.1, 0.15) is 37.3 Å². The molecule has 0 aromatic heterocycles. The van der Waals surface area contributed by atoms with Crippen LogP contribution in [0.4, 0.5) is 0 Å². The highest BCUT2D eigenvalue weighted by atomic mass is 32.2. The van der Waals surface area contributed by atoms with E-state index in [1.165, 1.54) is 0 Å². The van der Waals surface area contributed by atoms with Gasteiger partial charge in [-0.25, -0.2) is 13.1 Å². The molecule has 1 fully saturated rings. The topological polar surface area (TPSA) is 72.2 Å². The van der Waals surface area contributed by atoms with E-state index in [-0.39, 0.29) is 6.04 Å². The van der Waals surface area contributed by atoms with E-state index in [0.717, 1.165) is 36.8 Å². The lowest BCUT2D eigenvalue weighted by Gasteiger charge is -2.26. The van der Waals surface area contributed by atoms with Crippen LogP contribution in [-0.4, -0.2) is 14.5 Å². The molecule has 3 N–H and O–H groups in total. The summed E-state index contributed by atoms with van der Waals surface area (Å²) in [5.74, 6) is 0. The third-order valence-electron chi connectivity index (χ3n) is 3.52. The molecule has 4 nitrogen and oxygen atoms in total. The molecule has 0 spiro atoms. The van der Waals surface area contributed by atoms with E-state index in [4.69, 9.17) is 5.73 Å². The lowest BCUT2D eigenvalue weighted by atomic mass is 9.94. The molecule has 1 saturated carbocycles. The average molecular weight is 268 g/mol. The van der Waals surface area contributed by atoms with Crippen LogP contribution in [0, 0.1) is 0 Å². The number of nitrogens with two attached hydrogens (primary N) is 1. The Labute approximate surface area is 109 Å². The summed E-state index contributed by atoms with van der Waals surface area (Å²) in [7, 11) is -3.38. The van der Waals surface area contributed by atoms with Gasteiger partial charge in [-0.1, -0.05) is 19.4 Å². The average Bonchev–Trinajstić information content (AvgIpc) is 2.33. The van der Waals surface area contributed by atoms with Gasteiger partial charge < -0.3 is 5.73 Å². The van der Waals surface area contributed by atoms with Crippen LogP contribution in [0.15, 0.2) is 23.1 Å². The van der Waals surface area contributed by atoms with Crippen molar-refractivity contribution in [3.05, 3.63) is 29.3 Å². The highest BCUT2D eigenvalue weighted by Crippen LogP contribution is 2.22. The Morgan fingerprint density at radius 3 is 2.56 bits per heavy atom. The summed E-state index contributed by atoms with van der Waals surface area (Å²) in [4.78, 5) is 0.326. The molecule has 2 rings (SSSR count). The Balaban J connectivity index is 2.26. The molecule has 0 atom stereocenters. The zero-order chi connectivity index (χ0) is 13.2. The molecule has 0 saturated heterocycles. The fourth-order valence-corrected chi connectivity index (χ4v) is 3.47. The number of hydrogen-bond acceptors (Lipinski definition) is 3. The van der Waals surface area contributed by atoms with Gasteiger partial charge in [0, 0.05) is 12.6 Å². The van der Waals surface area contributed by atoms with Gasteiger partial charge >= 0.3 is 0 Å². The first kappa shape index (κ1) is 13.5. The Kier molecular flexibility index (Phi) is 4.04. The van der Waals surface area contributed by atoms with E-state index in [9.17, 15) is 8.42 Å². The van der Waals surface area contributed by atoms with Crippen molar-refractivity contribution in [3.63, 3.8) is 0 Å². The van der Waals surface area contributed by atoms with Crippen molar-refractivity contribution in [1.29, 1.82) is 0 Å². The van der Waals surface area contributed by atoms with Crippen molar-refractivity contribution in [2.24, 2.45) is 5.73 Å². The van der Waals surface area contributed by atoms with Crippen LogP contribution in [0.25, 0.3) is 0 Å². The molecule has 1 aromatic rings. The molecular weight excluding hydrogens is 248 g/mol. The van der Waals surface area contributed by atoms with E-state index in [1.807, 2.05) is 13.0 Å². The first-order chi connectivity index (χ1) is 8.56. The number of aryl methyl sites for hydroxylation is 1. The van der Waals surface area contributed by atoms with Crippen LogP contribution in [0.3, 0.4) is 0 Å². The molecule has 1 aliphatic rings. The molecule has 0 unspecified atom stereocenters. The molecule has 0 bridgehead atoms. The number of benzene rings is 1. The third-order valence-corrected chi connectivity index (χ3v) is 5.03. The van der Waals surface area contributed by atoms with Crippen LogP contribution >= 0.6 is 0 Å². The zero-order valence-electron chi connectivity index (χ0n) is 10.6. The van der Waals surface area contributed by atoms with Gasteiger partial charge in [0.2, 0.25) is 10.0 Å². The smallest absolute Gasteiger partial charge is 0.240 e. The predicted octanol–water partition coefficient (Wildman–Crippen LogP) is 1.54. The Morgan fingerprint density at radius 2 is 2.06 bits per heavy atom. The van der Waals surface area contributed by atoms with Crippen LogP contribution in [0.5, 0.6) is 0 Å². The van der Waals surface area contributed by atoms with Gasteiger partial charge in [-0.05, 0) is 42.5 Å². The van der Waals surface area contributed by atoms with Gasteiger partial charge in [-0.15, -0.1) is 0 Å². The SMILES string of the molecule is CCc1ccc(S(=O)(=O)NC2CCC2)cc1CN. The maximum Gasteiger partial charge on any atom is 0.240 e. The zero-order valence-corrected chi connectivity index (χ0v) is 11.5. The number of hydrogen-bond donors (Lipinski definition) is 2. The quantitative estimate of drug-likeness (QED) is 0.851. The molecule has 5 heteroatoms. The minimum atomic E-state index is -3.38. The molecule has 0 aliphatic heterocycles. The largest absolute Gasteiger partial charge is 0.326 e. The van der Waals surface area contributed by atoms with E-state index in [1.54, 1.807) is 12.1 Å². The molecule has 0 amide bonds. The third kappa shape index (κ3) is 2.74. The number of sulfonamides is 1. The summed E-state index contributed by atoms with van der Waals surface area (Å²) in [6.45, 7) is 2.41. The highest BCUT2D eigenvalue weighted by molar-refractivity contribution is 7.89. The summed E-state index contributed by atoms with van der Waals surface area (Å²) in [6.07, 6.45) is 3.85. The van der Waals surface area contributed by atoms with Crippen molar-refractivity contribution < 1.29 is 8.42 Å². The summed E-state index contributed by atoms with van der Waals surface area (Å²) in [5.41, 5.74) is 7.68. The van der Waals surface area contributed by atoms with E-state index < -0.39 is 10.0 Å². The van der Waals surface area contributed by atoms with E-state index >= 15 is 0 Å². The second kappa shape index (κ2) is 5.38. The van der Waals surface area contributed by atoms with Crippen LogP contribution < -0.4 is 10.5 Å². The van der Waals surface area contributed by atoms with Crippen molar-refractivity contribution in [2.75, 3.05) is 0 Å². The molecule has 100 valence electrons. The monoisotopic (exact) mass is 268 g/mol. The first-order valence-electron chi connectivity index (χ1n) is 6.41. The highest BCUT2D eigenvalue weighted by Gasteiger charge is 2.24. The Bertz CT molecular complexity index is 522. The fraction of sp³-hybridized carbons (Fsp3) is 0.538. The van der Waals surface area contributed by atoms with Gasteiger partial charge in [-0.3, -0.25) is 0 Å². The van der Waals surface area contributed by atoms with Crippen LogP contribution in [-0.2, 0) is 23.0 Å². The summed E-state index contributed by atoms with van der Waals surface area (Å²) < 4.78 is 27.0. The van der Waals surface area contributed by atoms with Gasteiger partial charge in [0.1, 0.15) is 0 Å². The van der Waals surface area contributed by atoms with Gasteiger partial charge in [0.25, 0.3) is 0 Å². The van der Waals surface area contributed by atoms with Crippen molar-refractivity contribution in [3.8, 4) is 0 Å². The van der Waals surface area contributed by atoms with Gasteiger partial charge in [0.05, 0.1) is 4.90 Å². The van der Waals surface area contributed by atoms with Gasteiger partial charge in [0.15, 0.2) is 0 Å². The van der Waals surface area contributed by atoms with Crippen LogP contribution in [0.2, 0.25) is 0 Å². The van der Waals surface area contributed by atoms with Crippen molar-refractivity contribution in [1.82, 2.24) is 4.72 Å². The molecule has 18 heavy (non-hydrogen) atoms. The lowest BCUT2D eigenvalue weighted by Crippen LogP contribution is -2.39. The fourth-order valence-electron chi connectivity index (χ4n) is 2.12. The maximum atomic E-state index is 12.2. The summed E-state index contributed by atoms with van der Waals surface area (Å²) >= 11 is 0. The second-order valence-electron chi connectivity index (χ2n) is 4.74. The maximum absolute atomic E-state index is 12.2. The van der Waals surface area contributed by atoms with E-state index in [0.29, 0.717) is 11.4 Å². The molecule has 0 radical (unpaired) electrons. The second-order valence-corrected chi connectivity index (χ2v) is 6.45. The Morgan fingerprint density at radius 1 is 1.33 bits per heavy atom. The molecule has 1 aliphatic carbocycles. The summed E-state index contributed by atoms with van der Waals surface area (Å²) in [5, 5.41) is 0. The minimum absolute atomic E-state index is 0.113. The lowest BCUT2D eigenvalue weighted by molar-refractivity contribution is 0.383. The number of nitrogens with one attached hydrogen (secondary N) is 1. The van der Waals surface area contributed by atoms with Gasteiger partial charge in [-0.2, -0.15) is 0 Å². The normalized spacial score (nSPS) is 16.6. The molecule has 0 heterocycles.